The Labute approximate surface area is 182 Å². The topological polar surface area (TPSA) is 118 Å². The lowest BCUT2D eigenvalue weighted by atomic mass is 10.1. The highest BCUT2D eigenvalue weighted by molar-refractivity contribution is 7.09. The lowest BCUT2D eigenvalue weighted by Crippen LogP contribution is -2.21. The lowest BCUT2D eigenvalue weighted by Gasteiger charge is -2.07. The van der Waals surface area contributed by atoms with Gasteiger partial charge in [-0.25, -0.2) is 9.78 Å². The second-order valence-corrected chi connectivity index (χ2v) is 7.45. The predicted octanol–water partition coefficient (Wildman–Crippen LogP) is 4.85. The van der Waals surface area contributed by atoms with Gasteiger partial charge in [-0.1, -0.05) is 5.16 Å². The number of rotatable bonds is 3. The molecule has 1 amide bonds. The minimum absolute atomic E-state index is 0.209. The zero-order chi connectivity index (χ0) is 23.5. The molecule has 4 rings (SSSR count). The van der Waals surface area contributed by atoms with Gasteiger partial charge < -0.3 is 14.9 Å². The van der Waals surface area contributed by atoms with Crippen LogP contribution in [0.5, 0.6) is 0 Å². The number of hydrogen-bond donors (Lipinski definition) is 2. The maximum atomic E-state index is 12.6. The molecule has 0 saturated heterocycles. The number of aromatic nitrogens is 3. The summed E-state index contributed by atoms with van der Waals surface area (Å²) in [5.74, 6) is -2.97. The summed E-state index contributed by atoms with van der Waals surface area (Å²) in [6, 6.07) is 8.84. The molecule has 4 aromatic rings. The number of amides is 1. The highest BCUT2D eigenvalue weighted by Crippen LogP contribution is 2.29. The minimum atomic E-state index is -5.08. The van der Waals surface area contributed by atoms with E-state index in [0.29, 0.717) is 22.5 Å². The number of nitrogens with one attached hydrogen (secondary N) is 1. The van der Waals surface area contributed by atoms with E-state index in [1.54, 1.807) is 41.8 Å². The summed E-state index contributed by atoms with van der Waals surface area (Å²) >= 11 is 1.55. The van der Waals surface area contributed by atoms with E-state index in [1.807, 2.05) is 25.3 Å². The van der Waals surface area contributed by atoms with Crippen molar-refractivity contribution in [1.82, 2.24) is 15.1 Å². The van der Waals surface area contributed by atoms with E-state index >= 15 is 0 Å². The van der Waals surface area contributed by atoms with Crippen LogP contribution in [0.25, 0.3) is 22.4 Å². The summed E-state index contributed by atoms with van der Waals surface area (Å²) in [7, 11) is 0. The van der Waals surface area contributed by atoms with Gasteiger partial charge in [-0.3, -0.25) is 9.78 Å². The van der Waals surface area contributed by atoms with Gasteiger partial charge in [0.25, 0.3) is 5.91 Å². The van der Waals surface area contributed by atoms with Gasteiger partial charge in [-0.2, -0.15) is 13.2 Å². The first-order valence-corrected chi connectivity index (χ1v) is 9.79. The number of anilines is 1. The molecular weight excluding hydrogens is 449 g/mol. The number of carboxylic acids is 1. The molecule has 0 bridgehead atoms. The summed E-state index contributed by atoms with van der Waals surface area (Å²) in [5, 5.41) is 17.8. The molecule has 0 aliphatic rings. The monoisotopic (exact) mass is 464 g/mol. The Morgan fingerprint density at radius 3 is 2.50 bits per heavy atom. The number of hydrogen-bond acceptors (Lipinski definition) is 7. The first-order valence-electron chi connectivity index (χ1n) is 8.91. The molecule has 0 saturated carbocycles. The molecule has 166 valence electrons. The summed E-state index contributed by atoms with van der Waals surface area (Å²) in [5.41, 5.74) is 3.99. The Bertz CT molecular complexity index is 1280. The molecule has 0 fully saturated rings. The predicted molar refractivity (Wildman–Crippen MR) is 110 cm³/mol. The fraction of sp³-hybridized carbons (Fsp3) is 0.150. The van der Waals surface area contributed by atoms with Crippen molar-refractivity contribution in [2.75, 3.05) is 5.32 Å². The maximum absolute atomic E-state index is 12.6. The van der Waals surface area contributed by atoms with Crippen LogP contribution in [0, 0.1) is 13.8 Å². The largest absolute Gasteiger partial charge is 0.490 e. The Kier molecular flexibility index (Phi) is 6.53. The first kappa shape index (κ1) is 22.9. The van der Waals surface area contributed by atoms with Crippen LogP contribution in [0.1, 0.15) is 21.1 Å². The molecule has 0 atom stereocenters. The van der Waals surface area contributed by atoms with Crippen LogP contribution >= 0.6 is 11.3 Å². The lowest BCUT2D eigenvalue weighted by molar-refractivity contribution is -0.192. The number of halogens is 3. The van der Waals surface area contributed by atoms with Crippen molar-refractivity contribution in [3.8, 4) is 11.4 Å². The van der Waals surface area contributed by atoms with Gasteiger partial charge in [0.2, 0.25) is 0 Å². The molecule has 2 N–H and O–H groups in total. The fourth-order valence-corrected chi connectivity index (χ4v) is 3.15. The van der Waals surface area contributed by atoms with Gasteiger partial charge in [0.15, 0.2) is 5.58 Å². The van der Waals surface area contributed by atoms with E-state index in [0.717, 1.165) is 21.8 Å². The number of carboxylic acid groups (broad SMARTS) is 1. The smallest absolute Gasteiger partial charge is 0.475 e. The SMILES string of the molecule is Cc1nc(-c2noc3ccc(C(=O)Nc4cccnc4C)cc23)cs1.O=C(O)C(F)(F)F. The number of carbonyl (C=O) groups excluding carboxylic acids is 1. The molecule has 0 unspecified atom stereocenters. The van der Waals surface area contributed by atoms with Crippen LogP contribution in [0.3, 0.4) is 0 Å². The first-order chi connectivity index (χ1) is 15.1. The van der Waals surface area contributed by atoms with Crippen molar-refractivity contribution in [1.29, 1.82) is 0 Å². The molecule has 0 radical (unpaired) electrons. The number of aliphatic carboxylic acids is 1. The van der Waals surface area contributed by atoms with Crippen molar-refractivity contribution in [3.63, 3.8) is 0 Å². The molecule has 1 aromatic carbocycles. The highest BCUT2D eigenvalue weighted by Gasteiger charge is 2.38. The van der Waals surface area contributed by atoms with Crippen LogP contribution in [0.4, 0.5) is 18.9 Å². The molecule has 3 heterocycles. The average molecular weight is 464 g/mol. The molecule has 12 heteroatoms. The zero-order valence-corrected chi connectivity index (χ0v) is 17.4. The Hall–Kier alpha value is -3.80. The van der Waals surface area contributed by atoms with Gasteiger partial charge in [-0.05, 0) is 44.2 Å². The average Bonchev–Trinajstić information content (AvgIpc) is 3.34. The van der Waals surface area contributed by atoms with E-state index in [2.05, 4.69) is 20.4 Å². The Morgan fingerprint density at radius 1 is 1.19 bits per heavy atom. The second-order valence-electron chi connectivity index (χ2n) is 6.39. The Balaban J connectivity index is 0.000000360. The van der Waals surface area contributed by atoms with Crippen molar-refractivity contribution in [3.05, 3.63) is 58.2 Å². The van der Waals surface area contributed by atoms with Gasteiger partial charge >= 0.3 is 12.1 Å². The van der Waals surface area contributed by atoms with Crippen LogP contribution in [-0.2, 0) is 4.79 Å². The van der Waals surface area contributed by atoms with Crippen molar-refractivity contribution in [2.24, 2.45) is 0 Å². The van der Waals surface area contributed by atoms with Gasteiger partial charge in [0, 0.05) is 17.1 Å². The van der Waals surface area contributed by atoms with Gasteiger partial charge in [-0.15, -0.1) is 11.3 Å². The van der Waals surface area contributed by atoms with E-state index in [4.69, 9.17) is 14.4 Å². The summed E-state index contributed by atoms with van der Waals surface area (Å²) in [4.78, 5) is 30.1. The normalized spacial score (nSPS) is 11.0. The van der Waals surface area contributed by atoms with Crippen molar-refractivity contribution >= 4 is 39.9 Å². The summed E-state index contributed by atoms with van der Waals surface area (Å²) < 4.78 is 37.1. The van der Waals surface area contributed by atoms with E-state index < -0.39 is 12.1 Å². The van der Waals surface area contributed by atoms with Gasteiger partial charge in [0.05, 0.1) is 21.8 Å². The molecule has 0 aliphatic heterocycles. The number of fused-ring (bicyclic) bond motifs is 1. The summed E-state index contributed by atoms with van der Waals surface area (Å²) in [6.45, 7) is 3.78. The summed E-state index contributed by atoms with van der Waals surface area (Å²) in [6.07, 6.45) is -3.39. The Morgan fingerprint density at radius 2 is 1.91 bits per heavy atom. The quantitative estimate of drug-likeness (QED) is 0.445. The molecule has 0 aliphatic carbocycles. The van der Waals surface area contributed by atoms with Gasteiger partial charge in [0.1, 0.15) is 11.4 Å². The molecule has 8 nitrogen and oxygen atoms in total. The number of benzene rings is 1. The number of carbonyl (C=O) groups is 2. The number of alkyl halides is 3. The third kappa shape index (κ3) is 5.27. The highest BCUT2D eigenvalue weighted by atomic mass is 32.1. The standard InChI is InChI=1S/C18H14N4O2S.C2HF3O2/c1-10-14(4-3-7-19-10)21-18(23)12-5-6-16-13(8-12)17(22-24-16)15-9-25-11(2)20-15;3-2(4,5)1(6)7/h3-9H,1-2H3,(H,21,23);(H,6,7). The zero-order valence-electron chi connectivity index (χ0n) is 16.6. The third-order valence-electron chi connectivity index (χ3n) is 4.09. The van der Waals surface area contributed by atoms with Crippen LogP contribution in [0.2, 0.25) is 0 Å². The third-order valence-corrected chi connectivity index (χ3v) is 4.86. The van der Waals surface area contributed by atoms with Crippen LogP contribution in [-0.4, -0.2) is 38.3 Å². The van der Waals surface area contributed by atoms with Crippen molar-refractivity contribution < 1.29 is 32.4 Å². The van der Waals surface area contributed by atoms with Crippen molar-refractivity contribution in [2.45, 2.75) is 20.0 Å². The van der Waals surface area contributed by atoms with E-state index in [-0.39, 0.29) is 5.91 Å². The molecule has 3 aromatic heterocycles. The number of aryl methyl sites for hydroxylation is 2. The molecule has 32 heavy (non-hydrogen) atoms. The van der Waals surface area contributed by atoms with Crippen LogP contribution in [0.15, 0.2) is 46.4 Å². The minimum Gasteiger partial charge on any atom is -0.475 e. The number of thiazole rings is 1. The number of nitrogens with zero attached hydrogens (tertiary/aromatic N) is 3. The second kappa shape index (κ2) is 9.14. The maximum Gasteiger partial charge on any atom is 0.490 e. The van der Waals surface area contributed by atoms with E-state index in [1.165, 1.54) is 0 Å². The molecular formula is C20H15F3N4O4S. The molecule has 0 spiro atoms. The van der Waals surface area contributed by atoms with Crippen LogP contribution < -0.4 is 5.32 Å². The fourth-order valence-electron chi connectivity index (χ4n) is 2.55. The van der Waals surface area contributed by atoms with E-state index in [9.17, 15) is 18.0 Å². The number of pyridine rings is 1.